The Morgan fingerprint density at radius 3 is 3.07 bits per heavy atom. The molecule has 5 heteroatoms. The number of carbonyl (C=O) groups is 1. The lowest BCUT2D eigenvalue weighted by atomic mass is 10.2. The van der Waals surface area contributed by atoms with Crippen molar-refractivity contribution in [3.63, 3.8) is 0 Å². The summed E-state index contributed by atoms with van der Waals surface area (Å²) in [6.45, 7) is 0.442. The average molecular weight is 209 g/mol. The highest BCUT2D eigenvalue weighted by Crippen LogP contribution is 2.30. The number of fused-ring (bicyclic) bond motifs is 1. The third-order valence-corrected chi connectivity index (χ3v) is 2.25. The largest absolute Gasteiger partial charge is 0.452 e. The maximum atomic E-state index is 11.2. The van der Waals surface area contributed by atoms with E-state index in [2.05, 4.69) is 4.74 Å². The molecule has 0 aromatic heterocycles. The molecule has 1 aliphatic heterocycles. The molecule has 5 nitrogen and oxygen atoms in total. The smallest absolute Gasteiger partial charge is 0.413 e. The minimum absolute atomic E-state index is 0.422. The van der Waals surface area contributed by atoms with Crippen molar-refractivity contribution in [2.75, 3.05) is 19.1 Å². The molecule has 0 N–H and O–H groups in total. The normalized spacial score (nSPS) is 12.9. The lowest BCUT2D eigenvalue weighted by Crippen LogP contribution is -2.25. The summed E-state index contributed by atoms with van der Waals surface area (Å²) in [5.74, 6) is 0.642. The second kappa shape index (κ2) is 3.78. The zero-order valence-electron chi connectivity index (χ0n) is 8.52. The molecular weight excluding hydrogens is 198 g/mol. The lowest BCUT2D eigenvalue weighted by molar-refractivity contribution is -0.194. The van der Waals surface area contributed by atoms with E-state index < -0.39 is 6.09 Å². The van der Waals surface area contributed by atoms with E-state index in [1.165, 1.54) is 12.0 Å². The lowest BCUT2D eigenvalue weighted by Gasteiger charge is -2.15. The standard InChI is InChI=1S/C10H11NO4/c1-11(10(12)13-2)8-4-3-7-6-14-15-9(7)5-8/h3-5H,6H2,1-2H3. The van der Waals surface area contributed by atoms with Crippen LogP contribution < -0.4 is 9.79 Å². The van der Waals surface area contributed by atoms with E-state index in [0.717, 1.165) is 5.56 Å². The topological polar surface area (TPSA) is 48.0 Å². The van der Waals surface area contributed by atoms with Crippen LogP contribution in [0.4, 0.5) is 10.5 Å². The number of carbonyl (C=O) groups excluding carboxylic acids is 1. The van der Waals surface area contributed by atoms with Gasteiger partial charge >= 0.3 is 6.09 Å². The predicted molar refractivity (Wildman–Crippen MR) is 52.7 cm³/mol. The van der Waals surface area contributed by atoms with Gasteiger partial charge in [0.05, 0.1) is 12.8 Å². The summed E-state index contributed by atoms with van der Waals surface area (Å²) in [4.78, 5) is 22.4. The summed E-state index contributed by atoms with van der Waals surface area (Å²) in [7, 11) is 2.97. The van der Waals surface area contributed by atoms with Crippen LogP contribution in [0.2, 0.25) is 0 Å². The van der Waals surface area contributed by atoms with Gasteiger partial charge in [-0.1, -0.05) is 6.07 Å². The van der Waals surface area contributed by atoms with Crippen molar-refractivity contribution in [1.29, 1.82) is 0 Å². The Hall–Kier alpha value is -1.75. The molecule has 0 fully saturated rings. The first-order valence-electron chi connectivity index (χ1n) is 4.46. The fourth-order valence-electron chi connectivity index (χ4n) is 1.35. The van der Waals surface area contributed by atoms with E-state index in [1.807, 2.05) is 12.1 Å². The second-order valence-electron chi connectivity index (χ2n) is 3.17. The van der Waals surface area contributed by atoms with Crippen molar-refractivity contribution in [2.45, 2.75) is 6.61 Å². The van der Waals surface area contributed by atoms with Gasteiger partial charge in [0, 0.05) is 18.7 Å². The molecule has 15 heavy (non-hydrogen) atoms. The number of anilines is 1. The molecule has 1 aromatic rings. The van der Waals surface area contributed by atoms with E-state index >= 15 is 0 Å². The third-order valence-electron chi connectivity index (χ3n) is 2.25. The number of nitrogens with zero attached hydrogens (tertiary/aromatic N) is 1. The molecule has 0 unspecified atom stereocenters. The molecule has 0 saturated heterocycles. The van der Waals surface area contributed by atoms with Crippen molar-refractivity contribution in [3.8, 4) is 5.75 Å². The summed E-state index contributed by atoms with van der Waals surface area (Å²) < 4.78 is 4.60. The van der Waals surface area contributed by atoms with Gasteiger partial charge in [-0.25, -0.2) is 4.79 Å². The first kappa shape index (κ1) is 9.79. The van der Waals surface area contributed by atoms with Gasteiger partial charge in [-0.2, -0.15) is 4.89 Å². The Balaban J connectivity index is 2.26. The SMILES string of the molecule is COC(=O)N(C)c1ccc2c(c1)OOC2. The van der Waals surface area contributed by atoms with E-state index in [1.54, 1.807) is 13.1 Å². The average Bonchev–Trinajstić information content (AvgIpc) is 2.73. The molecule has 0 aliphatic carbocycles. The van der Waals surface area contributed by atoms with Gasteiger partial charge in [0.2, 0.25) is 0 Å². The molecule has 1 amide bonds. The first-order chi connectivity index (χ1) is 7.22. The number of rotatable bonds is 1. The molecular formula is C10H11NO4. The number of hydrogen-bond acceptors (Lipinski definition) is 4. The van der Waals surface area contributed by atoms with Crippen LogP contribution in [0, 0.1) is 0 Å². The molecule has 80 valence electrons. The molecule has 2 rings (SSSR count). The van der Waals surface area contributed by atoms with Crippen LogP contribution in [0.3, 0.4) is 0 Å². The first-order valence-corrected chi connectivity index (χ1v) is 4.46. The molecule has 0 saturated carbocycles. The predicted octanol–water partition coefficient (Wildman–Crippen LogP) is 1.71. The van der Waals surface area contributed by atoms with Crippen LogP contribution in [0.15, 0.2) is 18.2 Å². The van der Waals surface area contributed by atoms with Crippen LogP contribution in [-0.4, -0.2) is 20.3 Å². The number of amides is 1. The van der Waals surface area contributed by atoms with Crippen LogP contribution in [0.5, 0.6) is 5.75 Å². The van der Waals surface area contributed by atoms with Crippen LogP contribution in [0.1, 0.15) is 5.56 Å². The van der Waals surface area contributed by atoms with Crippen molar-refractivity contribution >= 4 is 11.8 Å². The highest BCUT2D eigenvalue weighted by Gasteiger charge is 2.17. The van der Waals surface area contributed by atoms with E-state index in [4.69, 9.17) is 9.78 Å². The van der Waals surface area contributed by atoms with Crippen molar-refractivity contribution < 1.29 is 19.3 Å². The van der Waals surface area contributed by atoms with E-state index in [-0.39, 0.29) is 0 Å². The number of hydrogen-bond donors (Lipinski definition) is 0. The number of ether oxygens (including phenoxy) is 1. The van der Waals surface area contributed by atoms with Gasteiger partial charge in [-0.05, 0) is 6.07 Å². The quantitative estimate of drug-likeness (QED) is 0.660. The molecule has 0 spiro atoms. The fourth-order valence-corrected chi connectivity index (χ4v) is 1.35. The van der Waals surface area contributed by atoms with E-state index in [0.29, 0.717) is 18.0 Å². The van der Waals surface area contributed by atoms with Gasteiger partial charge in [0.25, 0.3) is 0 Å². The number of methoxy groups -OCH3 is 1. The maximum Gasteiger partial charge on any atom is 0.413 e. The van der Waals surface area contributed by atoms with E-state index in [9.17, 15) is 4.79 Å². The number of benzene rings is 1. The Bertz CT molecular complexity index is 391. The fraction of sp³-hybridized carbons (Fsp3) is 0.300. The molecule has 1 aromatic carbocycles. The van der Waals surface area contributed by atoms with Gasteiger partial charge in [0.15, 0.2) is 5.75 Å². The van der Waals surface area contributed by atoms with Crippen molar-refractivity contribution in [2.24, 2.45) is 0 Å². The zero-order chi connectivity index (χ0) is 10.8. The highest BCUT2D eigenvalue weighted by atomic mass is 17.2. The summed E-state index contributed by atoms with van der Waals surface area (Å²) in [5.41, 5.74) is 1.67. The van der Waals surface area contributed by atoms with Crippen LogP contribution in [0.25, 0.3) is 0 Å². The minimum Gasteiger partial charge on any atom is -0.452 e. The highest BCUT2D eigenvalue weighted by molar-refractivity contribution is 5.87. The Morgan fingerprint density at radius 1 is 1.53 bits per heavy atom. The summed E-state index contributed by atoms with van der Waals surface area (Å²) in [6, 6.07) is 5.41. The van der Waals surface area contributed by atoms with Crippen molar-refractivity contribution in [3.05, 3.63) is 23.8 Å². The second-order valence-corrected chi connectivity index (χ2v) is 3.17. The molecule has 0 radical (unpaired) electrons. The van der Waals surface area contributed by atoms with Gasteiger partial charge in [-0.3, -0.25) is 4.90 Å². The minimum atomic E-state index is -0.422. The van der Waals surface area contributed by atoms with Crippen LogP contribution in [-0.2, 0) is 16.2 Å². The van der Waals surface area contributed by atoms with Gasteiger partial charge in [-0.15, -0.1) is 0 Å². The molecule has 0 atom stereocenters. The summed E-state index contributed by atoms with van der Waals surface area (Å²) in [5, 5.41) is 0. The third kappa shape index (κ3) is 1.73. The van der Waals surface area contributed by atoms with Crippen LogP contribution >= 0.6 is 0 Å². The molecule has 0 bridgehead atoms. The van der Waals surface area contributed by atoms with Gasteiger partial charge < -0.3 is 9.62 Å². The zero-order valence-corrected chi connectivity index (χ0v) is 8.52. The Kier molecular flexibility index (Phi) is 2.47. The van der Waals surface area contributed by atoms with Gasteiger partial charge in [0.1, 0.15) is 6.61 Å². The Labute approximate surface area is 87.1 Å². The summed E-state index contributed by atoms with van der Waals surface area (Å²) >= 11 is 0. The summed E-state index contributed by atoms with van der Waals surface area (Å²) in [6.07, 6.45) is -0.422. The monoisotopic (exact) mass is 209 g/mol. The Morgan fingerprint density at radius 2 is 2.33 bits per heavy atom. The molecule has 1 aliphatic rings. The van der Waals surface area contributed by atoms with Crippen molar-refractivity contribution in [1.82, 2.24) is 0 Å². The molecule has 1 heterocycles. The maximum absolute atomic E-state index is 11.2.